The van der Waals surface area contributed by atoms with Crippen molar-refractivity contribution in [1.29, 1.82) is 0 Å². The van der Waals surface area contributed by atoms with E-state index >= 15 is 0 Å². The largest absolute Gasteiger partial charge is 0.445 e. The number of nitrogens with zero attached hydrogens (tertiary/aromatic N) is 3. The van der Waals surface area contributed by atoms with Crippen LogP contribution in [0.5, 0.6) is 0 Å². The lowest BCUT2D eigenvalue weighted by atomic mass is 10.1. The number of anilines is 1. The Morgan fingerprint density at radius 2 is 1.28 bits per heavy atom. The maximum Gasteiger partial charge on any atom is 0.261 e. The molecule has 43 heavy (non-hydrogen) atoms. The van der Waals surface area contributed by atoms with Crippen molar-refractivity contribution < 1.29 is 31.6 Å². The van der Waals surface area contributed by atoms with Gasteiger partial charge in [0.15, 0.2) is 29.2 Å². The highest BCUT2D eigenvalue weighted by Gasteiger charge is 2.18. The van der Waals surface area contributed by atoms with Crippen molar-refractivity contribution in [2.24, 2.45) is 5.73 Å². The third-order valence-corrected chi connectivity index (χ3v) is 5.04. The van der Waals surface area contributed by atoms with Gasteiger partial charge in [0.25, 0.3) is 11.1 Å². The van der Waals surface area contributed by atoms with Crippen LogP contribution in [0.3, 0.4) is 0 Å². The second kappa shape index (κ2) is 20.7. The van der Waals surface area contributed by atoms with Crippen LogP contribution in [0.25, 0.3) is 11.3 Å². The van der Waals surface area contributed by atoms with E-state index in [2.05, 4.69) is 26.0 Å². The number of benzene rings is 1. The average molecular weight is 626 g/mol. The molecule has 0 atom stereocenters. The molecule has 1 aromatic carbocycles. The van der Waals surface area contributed by atoms with Gasteiger partial charge >= 0.3 is 0 Å². The molecule has 4 aromatic rings. The van der Waals surface area contributed by atoms with E-state index in [0.717, 1.165) is 48.9 Å². The molecular formula is C30H36ClF4N5O3. The average Bonchev–Trinajstić information content (AvgIpc) is 3.36. The van der Waals surface area contributed by atoms with Crippen LogP contribution in [-0.4, -0.2) is 33.1 Å². The molecule has 0 aliphatic heterocycles. The van der Waals surface area contributed by atoms with Crippen molar-refractivity contribution in [3.8, 4) is 11.3 Å². The first-order valence-electron chi connectivity index (χ1n) is 13.4. The molecule has 4 rings (SSSR count). The van der Waals surface area contributed by atoms with Gasteiger partial charge < -0.3 is 15.5 Å². The van der Waals surface area contributed by atoms with E-state index in [1.807, 2.05) is 41.5 Å². The second-order valence-electron chi connectivity index (χ2n) is 7.52. The summed E-state index contributed by atoms with van der Waals surface area (Å²) in [5, 5.41) is 1.30. The third-order valence-electron chi connectivity index (χ3n) is 4.85. The van der Waals surface area contributed by atoms with Gasteiger partial charge in [0, 0.05) is 17.7 Å². The zero-order valence-electron chi connectivity index (χ0n) is 25.1. The summed E-state index contributed by atoms with van der Waals surface area (Å²) in [4.78, 5) is 33.4. The van der Waals surface area contributed by atoms with Crippen molar-refractivity contribution in [3.05, 3.63) is 95.1 Å². The highest BCUT2D eigenvalue weighted by atomic mass is 35.5. The normalized spacial score (nSPS) is 9.42. The monoisotopic (exact) mass is 625 g/mol. The van der Waals surface area contributed by atoms with E-state index in [4.69, 9.17) is 16.0 Å². The maximum absolute atomic E-state index is 13.6. The van der Waals surface area contributed by atoms with Gasteiger partial charge in [-0.3, -0.25) is 19.6 Å². The highest BCUT2D eigenvalue weighted by Crippen LogP contribution is 2.26. The molecule has 0 aliphatic carbocycles. The fourth-order valence-corrected chi connectivity index (χ4v) is 3.35. The highest BCUT2D eigenvalue weighted by molar-refractivity contribution is 6.67. The van der Waals surface area contributed by atoms with Crippen LogP contribution in [0.15, 0.2) is 53.5 Å². The number of halogens is 5. The molecule has 3 heterocycles. The minimum absolute atomic E-state index is 0.407. The topological polar surface area (TPSA) is 124 Å². The van der Waals surface area contributed by atoms with Crippen molar-refractivity contribution >= 4 is 28.4 Å². The standard InChI is InChI=1S/C19H17F2N3O2.C6H2ClF2NO.2C2H6.CH5N/c1-3-4-16-24-18(11(2)26-16)12-5-7-13(8-6-12)23-19(25)17-14(20)9-22-10-15(17)21;7-6(11)5-3(8)1-10-2-4(5)9;3*1-2/h5-10H,3-4H2,1-2H3,(H,23,25);1-2H;2*1-2H3;2H2,1H3. The Kier molecular flexibility index (Phi) is 18.7. The van der Waals surface area contributed by atoms with Gasteiger partial charge in [-0.05, 0) is 44.1 Å². The van der Waals surface area contributed by atoms with E-state index in [9.17, 15) is 27.2 Å². The Bertz CT molecular complexity index is 1390. The number of pyridine rings is 2. The number of carbonyl (C=O) groups excluding carboxylic acids is 2. The molecule has 0 fully saturated rings. The first-order valence-corrected chi connectivity index (χ1v) is 13.7. The quantitative estimate of drug-likeness (QED) is 0.165. The fourth-order valence-electron chi connectivity index (χ4n) is 3.17. The van der Waals surface area contributed by atoms with Crippen molar-refractivity contribution in [3.63, 3.8) is 0 Å². The Morgan fingerprint density at radius 1 is 0.837 bits per heavy atom. The molecule has 0 spiro atoms. The number of nitrogens with one attached hydrogen (secondary N) is 1. The van der Waals surface area contributed by atoms with Gasteiger partial charge in [-0.2, -0.15) is 0 Å². The number of carbonyl (C=O) groups is 2. The molecule has 3 aromatic heterocycles. The molecular weight excluding hydrogens is 590 g/mol. The Hall–Kier alpha value is -4.16. The maximum atomic E-state index is 13.6. The molecule has 0 saturated carbocycles. The van der Waals surface area contributed by atoms with Crippen LogP contribution < -0.4 is 11.1 Å². The molecule has 0 radical (unpaired) electrons. The lowest BCUT2D eigenvalue weighted by molar-refractivity contribution is 0.101. The molecule has 3 N–H and O–H groups in total. The molecule has 0 unspecified atom stereocenters. The smallest absolute Gasteiger partial charge is 0.261 e. The van der Waals surface area contributed by atoms with Crippen LogP contribution >= 0.6 is 11.6 Å². The summed E-state index contributed by atoms with van der Waals surface area (Å²) < 4.78 is 57.8. The molecule has 0 saturated heterocycles. The SMILES string of the molecule is CC.CC.CCCc1nc(-c2ccc(NC(=O)c3c(F)cncc3F)cc2)c(C)o1.CN.O=C(Cl)c1c(F)cncc1F. The molecule has 0 aliphatic rings. The van der Waals surface area contributed by atoms with E-state index in [-0.39, 0.29) is 0 Å². The summed E-state index contributed by atoms with van der Waals surface area (Å²) >= 11 is 4.87. The van der Waals surface area contributed by atoms with Gasteiger partial charge in [-0.25, -0.2) is 22.5 Å². The van der Waals surface area contributed by atoms with E-state index < -0.39 is 45.5 Å². The summed E-state index contributed by atoms with van der Waals surface area (Å²) in [6, 6.07) is 6.79. The third kappa shape index (κ3) is 11.6. The predicted octanol–water partition coefficient (Wildman–Crippen LogP) is 7.89. The van der Waals surface area contributed by atoms with Gasteiger partial charge in [0.2, 0.25) is 0 Å². The van der Waals surface area contributed by atoms with E-state index in [0.29, 0.717) is 17.3 Å². The van der Waals surface area contributed by atoms with Crippen LogP contribution in [0, 0.1) is 30.2 Å². The van der Waals surface area contributed by atoms with Crippen LogP contribution in [0.1, 0.15) is 73.4 Å². The number of rotatable bonds is 6. The van der Waals surface area contributed by atoms with Crippen molar-refractivity contribution in [1.82, 2.24) is 15.0 Å². The first-order chi connectivity index (χ1) is 20.6. The van der Waals surface area contributed by atoms with Gasteiger partial charge in [0.1, 0.15) is 22.6 Å². The molecule has 1 amide bonds. The first kappa shape index (κ1) is 38.8. The van der Waals surface area contributed by atoms with Crippen LogP contribution in [0.4, 0.5) is 23.2 Å². The lowest BCUT2D eigenvalue weighted by Crippen LogP contribution is -2.16. The molecule has 13 heteroatoms. The molecule has 234 valence electrons. The number of hydrogen-bond donors (Lipinski definition) is 2. The Labute approximate surface area is 253 Å². The summed E-state index contributed by atoms with van der Waals surface area (Å²) in [5.41, 5.74) is 5.04. The van der Waals surface area contributed by atoms with Gasteiger partial charge in [-0.15, -0.1) is 0 Å². The summed E-state index contributed by atoms with van der Waals surface area (Å²) in [6.07, 6.45) is 4.73. The fraction of sp³-hybridized carbons (Fsp3) is 0.300. The van der Waals surface area contributed by atoms with Crippen LogP contribution in [0.2, 0.25) is 0 Å². The van der Waals surface area contributed by atoms with Gasteiger partial charge in [0.05, 0.1) is 24.8 Å². The second-order valence-corrected chi connectivity index (χ2v) is 7.87. The summed E-state index contributed by atoms with van der Waals surface area (Å²) in [6.45, 7) is 11.9. The Balaban J connectivity index is 0.000000867. The van der Waals surface area contributed by atoms with Crippen molar-refractivity contribution in [2.75, 3.05) is 12.4 Å². The van der Waals surface area contributed by atoms with Crippen molar-refractivity contribution in [2.45, 2.75) is 54.4 Å². The number of oxazole rings is 1. The number of aryl methyl sites for hydroxylation is 2. The number of hydrogen-bond acceptors (Lipinski definition) is 7. The summed E-state index contributed by atoms with van der Waals surface area (Å²) in [7, 11) is 1.50. The van der Waals surface area contributed by atoms with E-state index in [1.54, 1.807) is 24.3 Å². The number of nitrogens with two attached hydrogens (primary N) is 1. The Morgan fingerprint density at radius 3 is 1.67 bits per heavy atom. The number of amides is 1. The molecule has 8 nitrogen and oxygen atoms in total. The van der Waals surface area contributed by atoms with Crippen LogP contribution in [-0.2, 0) is 6.42 Å². The minimum atomic E-state index is -1.16. The number of aromatic nitrogens is 3. The lowest BCUT2D eigenvalue weighted by Gasteiger charge is -2.07. The summed E-state index contributed by atoms with van der Waals surface area (Å²) in [5.74, 6) is -3.61. The van der Waals surface area contributed by atoms with Gasteiger partial charge in [-0.1, -0.05) is 46.8 Å². The molecule has 0 bridgehead atoms. The predicted molar refractivity (Wildman–Crippen MR) is 160 cm³/mol. The van der Waals surface area contributed by atoms with E-state index in [1.165, 1.54) is 7.05 Å². The zero-order valence-corrected chi connectivity index (χ0v) is 25.8. The minimum Gasteiger partial charge on any atom is -0.445 e. The zero-order chi connectivity index (χ0) is 33.1.